The van der Waals surface area contributed by atoms with Crippen LogP contribution in [0, 0.1) is 11.3 Å². The molecule has 1 N–H and O–H groups in total. The molecule has 21 heavy (non-hydrogen) atoms. The fourth-order valence-electron chi connectivity index (χ4n) is 1.83. The Kier molecular flexibility index (Phi) is 5.88. The van der Waals surface area contributed by atoms with Gasteiger partial charge in [0.2, 0.25) is 10.0 Å². The summed E-state index contributed by atoms with van der Waals surface area (Å²) in [6, 6.07) is 7.77. The molecule has 0 amide bonds. The second-order valence-electron chi connectivity index (χ2n) is 4.76. The van der Waals surface area contributed by atoms with Crippen molar-refractivity contribution in [1.82, 2.24) is 4.31 Å². The number of nitrogens with zero attached hydrogens (tertiary/aromatic N) is 2. The zero-order valence-electron chi connectivity index (χ0n) is 12.0. The summed E-state index contributed by atoms with van der Waals surface area (Å²) in [6.07, 6.45) is 0.528. The first-order valence-electron chi connectivity index (χ1n) is 6.50. The van der Waals surface area contributed by atoms with Gasteiger partial charge in [-0.15, -0.1) is 0 Å². The molecule has 1 unspecified atom stereocenters. The van der Waals surface area contributed by atoms with Crippen LogP contribution in [-0.4, -0.2) is 36.4 Å². The monoisotopic (exact) mass is 310 g/mol. The normalized spacial score (nSPS) is 12.9. The second kappa shape index (κ2) is 7.20. The van der Waals surface area contributed by atoms with Gasteiger partial charge in [-0.25, -0.2) is 8.42 Å². The minimum atomic E-state index is -3.73. The van der Waals surface area contributed by atoms with Gasteiger partial charge in [0, 0.05) is 6.04 Å². The molecule has 0 spiro atoms. The van der Waals surface area contributed by atoms with E-state index in [1.54, 1.807) is 26.0 Å². The molecule has 7 heteroatoms. The molecule has 0 saturated heterocycles. The van der Waals surface area contributed by atoms with Crippen LogP contribution < -0.4 is 0 Å². The summed E-state index contributed by atoms with van der Waals surface area (Å²) in [7, 11) is -3.73. The number of benzene rings is 1. The van der Waals surface area contributed by atoms with E-state index in [1.807, 2.05) is 6.07 Å². The van der Waals surface area contributed by atoms with Gasteiger partial charge in [0.15, 0.2) is 0 Å². The third kappa shape index (κ3) is 4.85. The molecule has 0 radical (unpaired) electrons. The Morgan fingerprint density at radius 2 is 1.95 bits per heavy atom. The molecule has 1 rings (SSSR count). The van der Waals surface area contributed by atoms with Crippen molar-refractivity contribution in [2.24, 2.45) is 0 Å². The van der Waals surface area contributed by atoms with Crippen molar-refractivity contribution in [3.8, 4) is 6.07 Å². The quantitative estimate of drug-likeness (QED) is 0.824. The Balaban J connectivity index is 2.99. The van der Waals surface area contributed by atoms with Crippen LogP contribution >= 0.6 is 0 Å². The lowest BCUT2D eigenvalue weighted by atomic mass is 10.2. The minimum Gasteiger partial charge on any atom is -0.480 e. The zero-order chi connectivity index (χ0) is 16.0. The molecule has 0 bridgehead atoms. The van der Waals surface area contributed by atoms with Gasteiger partial charge in [-0.1, -0.05) is 19.1 Å². The van der Waals surface area contributed by atoms with E-state index in [-0.39, 0.29) is 11.8 Å². The molecule has 0 aliphatic carbocycles. The van der Waals surface area contributed by atoms with Crippen LogP contribution in [-0.2, 0) is 20.6 Å². The van der Waals surface area contributed by atoms with Gasteiger partial charge in [0.05, 0.1) is 17.4 Å². The summed E-state index contributed by atoms with van der Waals surface area (Å²) in [5.41, 5.74) is 0.966. The van der Waals surface area contributed by atoms with E-state index < -0.39 is 22.5 Å². The Bertz CT molecular complexity index is 632. The van der Waals surface area contributed by atoms with Crippen LogP contribution in [0.3, 0.4) is 0 Å². The highest BCUT2D eigenvalue weighted by molar-refractivity contribution is 7.88. The molecule has 114 valence electrons. The van der Waals surface area contributed by atoms with Crippen LogP contribution in [0.25, 0.3) is 0 Å². The summed E-state index contributed by atoms with van der Waals surface area (Å²) in [5, 5.41) is 17.6. The molecule has 6 nitrogen and oxygen atoms in total. The minimum absolute atomic E-state index is 0.281. The Morgan fingerprint density at radius 1 is 1.38 bits per heavy atom. The van der Waals surface area contributed by atoms with Crippen molar-refractivity contribution in [2.75, 3.05) is 6.54 Å². The van der Waals surface area contributed by atoms with Crippen molar-refractivity contribution in [3.05, 3.63) is 35.4 Å². The number of rotatable bonds is 7. The van der Waals surface area contributed by atoms with Gasteiger partial charge >= 0.3 is 5.97 Å². The number of nitriles is 1. The van der Waals surface area contributed by atoms with Crippen molar-refractivity contribution >= 4 is 16.0 Å². The summed E-state index contributed by atoms with van der Waals surface area (Å²) in [4.78, 5) is 10.9. The number of carbonyl (C=O) groups is 1. The maximum absolute atomic E-state index is 12.4. The first kappa shape index (κ1) is 17.1. The van der Waals surface area contributed by atoms with E-state index in [9.17, 15) is 13.2 Å². The number of hydrogen-bond donors (Lipinski definition) is 1. The van der Waals surface area contributed by atoms with E-state index in [4.69, 9.17) is 10.4 Å². The predicted octanol–water partition coefficient (Wildman–Crippen LogP) is 1.57. The molecule has 0 aromatic heterocycles. The summed E-state index contributed by atoms with van der Waals surface area (Å²) in [6.45, 7) is 2.93. The van der Waals surface area contributed by atoms with Crippen molar-refractivity contribution in [3.63, 3.8) is 0 Å². The topological polar surface area (TPSA) is 98.5 Å². The molecule has 1 aromatic carbocycles. The molecular formula is C14H18N2O4S. The highest BCUT2D eigenvalue weighted by Crippen LogP contribution is 2.16. The van der Waals surface area contributed by atoms with E-state index in [1.165, 1.54) is 12.1 Å². The van der Waals surface area contributed by atoms with Crippen molar-refractivity contribution < 1.29 is 18.3 Å². The predicted molar refractivity (Wildman–Crippen MR) is 77.9 cm³/mol. The second-order valence-corrected chi connectivity index (χ2v) is 6.68. The van der Waals surface area contributed by atoms with Crippen LogP contribution in [0.15, 0.2) is 24.3 Å². The summed E-state index contributed by atoms with van der Waals surface area (Å²) >= 11 is 0. The average molecular weight is 310 g/mol. The number of carboxylic acid groups (broad SMARTS) is 1. The van der Waals surface area contributed by atoms with Gasteiger partial charge in [0.25, 0.3) is 0 Å². The fraction of sp³-hybridized carbons (Fsp3) is 0.429. The Morgan fingerprint density at radius 3 is 2.38 bits per heavy atom. The van der Waals surface area contributed by atoms with Gasteiger partial charge in [-0.2, -0.15) is 9.57 Å². The van der Waals surface area contributed by atoms with Crippen LogP contribution in [0.4, 0.5) is 0 Å². The molecule has 1 atom stereocenters. The lowest BCUT2D eigenvalue weighted by Gasteiger charge is -2.26. The largest absolute Gasteiger partial charge is 0.480 e. The fourth-order valence-corrected chi connectivity index (χ4v) is 3.62. The van der Waals surface area contributed by atoms with Crippen LogP contribution in [0.2, 0.25) is 0 Å². The molecule has 0 saturated carbocycles. The molecule has 0 fully saturated rings. The van der Waals surface area contributed by atoms with Crippen molar-refractivity contribution in [1.29, 1.82) is 5.26 Å². The number of aliphatic carboxylic acids is 1. The molecule has 0 aliphatic heterocycles. The standard InChI is InChI=1S/C14H18N2O4S/c1-3-11(2)16(9-14(17)18)21(19,20)10-13-6-4-12(8-15)5-7-13/h4-7,11H,3,9-10H2,1-2H3,(H,17,18). The van der Waals surface area contributed by atoms with Gasteiger partial charge in [-0.05, 0) is 31.0 Å². The molecule has 1 aromatic rings. The molecule has 0 aliphatic rings. The lowest BCUT2D eigenvalue weighted by molar-refractivity contribution is -0.137. The van der Waals surface area contributed by atoms with Gasteiger partial charge in [-0.3, -0.25) is 4.79 Å². The van der Waals surface area contributed by atoms with Crippen molar-refractivity contribution in [2.45, 2.75) is 32.1 Å². The van der Waals surface area contributed by atoms with E-state index in [0.717, 1.165) is 4.31 Å². The van der Waals surface area contributed by atoms with E-state index >= 15 is 0 Å². The number of carboxylic acids is 1. The van der Waals surface area contributed by atoms with Crippen LogP contribution in [0.5, 0.6) is 0 Å². The Labute approximate surface area is 124 Å². The zero-order valence-corrected chi connectivity index (χ0v) is 12.8. The maximum atomic E-state index is 12.4. The average Bonchev–Trinajstić information content (AvgIpc) is 2.44. The first-order chi connectivity index (χ1) is 9.80. The third-order valence-corrected chi connectivity index (χ3v) is 5.06. The van der Waals surface area contributed by atoms with Crippen LogP contribution in [0.1, 0.15) is 31.4 Å². The lowest BCUT2D eigenvalue weighted by Crippen LogP contribution is -2.42. The van der Waals surface area contributed by atoms with E-state index in [2.05, 4.69) is 0 Å². The smallest absolute Gasteiger partial charge is 0.318 e. The molecule has 0 heterocycles. The highest BCUT2D eigenvalue weighted by Gasteiger charge is 2.28. The SMILES string of the molecule is CCC(C)N(CC(=O)O)S(=O)(=O)Cc1ccc(C#N)cc1. The third-order valence-electron chi connectivity index (χ3n) is 3.16. The Hall–Kier alpha value is -1.91. The number of sulfonamides is 1. The van der Waals surface area contributed by atoms with Gasteiger partial charge in [0.1, 0.15) is 6.54 Å². The maximum Gasteiger partial charge on any atom is 0.318 e. The highest BCUT2D eigenvalue weighted by atomic mass is 32.2. The van der Waals surface area contributed by atoms with E-state index in [0.29, 0.717) is 17.5 Å². The molecular weight excluding hydrogens is 292 g/mol. The first-order valence-corrected chi connectivity index (χ1v) is 8.11. The van der Waals surface area contributed by atoms with Gasteiger partial charge < -0.3 is 5.11 Å². The summed E-state index contributed by atoms with van der Waals surface area (Å²) < 4.78 is 25.8. The number of hydrogen-bond acceptors (Lipinski definition) is 4. The summed E-state index contributed by atoms with van der Waals surface area (Å²) in [5.74, 6) is -1.46.